The number of piperidine rings is 1. The Hall–Kier alpha value is -2.24. The Morgan fingerprint density at radius 3 is 2.50 bits per heavy atom. The third kappa shape index (κ3) is 3.94. The van der Waals surface area contributed by atoms with Gasteiger partial charge in [0.15, 0.2) is 0 Å². The average molecular weight is 354 g/mol. The van der Waals surface area contributed by atoms with Crippen LogP contribution in [0.4, 0.5) is 0 Å². The summed E-state index contributed by atoms with van der Waals surface area (Å²) in [5.74, 6) is 2.53. The molecule has 1 saturated carbocycles. The largest absolute Gasteiger partial charge is 0.425 e. The van der Waals surface area contributed by atoms with Gasteiger partial charge in [-0.2, -0.15) is 0 Å². The Kier molecular flexibility index (Phi) is 5.27. The first-order valence-corrected chi connectivity index (χ1v) is 9.79. The van der Waals surface area contributed by atoms with E-state index >= 15 is 0 Å². The minimum Gasteiger partial charge on any atom is -0.425 e. The quantitative estimate of drug-likeness (QED) is 0.822. The smallest absolute Gasteiger partial charge is 0.223 e. The van der Waals surface area contributed by atoms with Crippen LogP contribution in [0.2, 0.25) is 0 Å². The van der Waals surface area contributed by atoms with E-state index in [-0.39, 0.29) is 5.91 Å². The van der Waals surface area contributed by atoms with E-state index in [4.69, 9.17) is 4.42 Å². The van der Waals surface area contributed by atoms with E-state index < -0.39 is 0 Å². The van der Waals surface area contributed by atoms with Crippen molar-refractivity contribution >= 4 is 5.91 Å². The molecule has 3 heterocycles. The van der Waals surface area contributed by atoms with Gasteiger partial charge in [-0.05, 0) is 49.3 Å². The van der Waals surface area contributed by atoms with Crippen LogP contribution in [0.25, 0.3) is 0 Å². The van der Waals surface area contributed by atoms with Gasteiger partial charge in [0.05, 0.1) is 0 Å². The van der Waals surface area contributed by atoms with Crippen LogP contribution < -0.4 is 0 Å². The lowest BCUT2D eigenvalue weighted by molar-refractivity contribution is -0.132. The second-order valence-corrected chi connectivity index (χ2v) is 7.45. The van der Waals surface area contributed by atoms with Crippen molar-refractivity contribution in [3.05, 3.63) is 41.9 Å². The molecule has 6 nitrogen and oxygen atoms in total. The summed E-state index contributed by atoms with van der Waals surface area (Å²) in [4.78, 5) is 18.6. The maximum atomic E-state index is 12.5. The third-order valence-corrected chi connectivity index (χ3v) is 5.76. The number of carbonyl (C=O) groups excluding carboxylic acids is 1. The summed E-state index contributed by atoms with van der Waals surface area (Å²) < 4.78 is 5.78. The number of rotatable bonds is 5. The number of carbonyl (C=O) groups is 1. The summed E-state index contributed by atoms with van der Waals surface area (Å²) in [5, 5.41) is 8.32. The molecule has 1 amide bonds. The molecule has 2 aliphatic rings. The van der Waals surface area contributed by atoms with E-state index in [1.54, 1.807) is 0 Å². The van der Waals surface area contributed by atoms with Crippen LogP contribution in [0.1, 0.15) is 74.1 Å². The number of aryl methyl sites for hydroxylation is 1. The molecule has 0 bridgehead atoms. The van der Waals surface area contributed by atoms with Crippen molar-refractivity contribution in [2.24, 2.45) is 0 Å². The molecule has 2 aromatic heterocycles. The fraction of sp³-hybridized carbons (Fsp3) is 0.600. The number of nitrogens with zero attached hydrogens (tertiary/aromatic N) is 4. The fourth-order valence-electron chi connectivity index (χ4n) is 4.18. The Morgan fingerprint density at radius 2 is 1.77 bits per heavy atom. The maximum absolute atomic E-state index is 12.5. The van der Waals surface area contributed by atoms with E-state index in [9.17, 15) is 4.79 Å². The molecule has 0 N–H and O–H groups in total. The molecule has 4 rings (SSSR count). The normalized spacial score (nSPS) is 19.2. The zero-order valence-corrected chi connectivity index (χ0v) is 15.1. The predicted molar refractivity (Wildman–Crippen MR) is 96.6 cm³/mol. The van der Waals surface area contributed by atoms with Crippen molar-refractivity contribution in [2.45, 2.75) is 63.2 Å². The Bertz CT molecular complexity index is 716. The van der Waals surface area contributed by atoms with Crippen molar-refractivity contribution in [1.82, 2.24) is 20.1 Å². The number of amides is 1. The molecule has 0 unspecified atom stereocenters. The van der Waals surface area contributed by atoms with Crippen molar-refractivity contribution in [3.8, 4) is 0 Å². The standard InChI is InChI=1S/C20H26N4O2/c25-19(6-5-18-22-23-20(26-18)17-3-1-2-4-17)24-13-9-16(10-14-24)15-7-11-21-12-8-15/h7-8,11-12,16-17H,1-6,9-10,13-14H2. The predicted octanol–water partition coefficient (Wildman–Crippen LogP) is 3.46. The third-order valence-electron chi connectivity index (χ3n) is 5.76. The van der Waals surface area contributed by atoms with Gasteiger partial charge in [0.1, 0.15) is 0 Å². The highest BCUT2D eigenvalue weighted by molar-refractivity contribution is 5.76. The molecule has 0 spiro atoms. The van der Waals surface area contributed by atoms with Crippen LogP contribution in [0.3, 0.4) is 0 Å². The van der Waals surface area contributed by atoms with Crippen molar-refractivity contribution in [1.29, 1.82) is 0 Å². The molecule has 0 radical (unpaired) electrons. The van der Waals surface area contributed by atoms with Crippen LogP contribution in [0.5, 0.6) is 0 Å². The highest BCUT2D eigenvalue weighted by Gasteiger charge is 2.25. The van der Waals surface area contributed by atoms with E-state index in [0.29, 0.717) is 30.6 Å². The molecule has 1 aliphatic heterocycles. The van der Waals surface area contributed by atoms with Crippen molar-refractivity contribution < 1.29 is 9.21 Å². The van der Waals surface area contributed by atoms with E-state index in [0.717, 1.165) is 44.7 Å². The van der Waals surface area contributed by atoms with Gasteiger partial charge in [-0.3, -0.25) is 9.78 Å². The number of likely N-dealkylation sites (tertiary alicyclic amines) is 1. The fourth-order valence-corrected chi connectivity index (χ4v) is 4.18. The first kappa shape index (κ1) is 17.2. The second-order valence-electron chi connectivity index (χ2n) is 7.45. The number of aromatic nitrogens is 3. The molecule has 2 fully saturated rings. The second kappa shape index (κ2) is 7.98. The first-order chi connectivity index (χ1) is 12.8. The Morgan fingerprint density at radius 1 is 1.04 bits per heavy atom. The van der Waals surface area contributed by atoms with Crippen LogP contribution in [0, 0.1) is 0 Å². The van der Waals surface area contributed by atoms with Crippen molar-refractivity contribution in [2.75, 3.05) is 13.1 Å². The van der Waals surface area contributed by atoms with Gasteiger partial charge < -0.3 is 9.32 Å². The Balaban J connectivity index is 1.24. The highest BCUT2D eigenvalue weighted by atomic mass is 16.4. The average Bonchev–Trinajstić information content (AvgIpc) is 3.38. The summed E-state index contributed by atoms with van der Waals surface area (Å²) in [6, 6.07) is 4.17. The van der Waals surface area contributed by atoms with E-state index in [2.05, 4.69) is 27.3 Å². The van der Waals surface area contributed by atoms with Crippen LogP contribution in [-0.4, -0.2) is 39.1 Å². The zero-order valence-electron chi connectivity index (χ0n) is 15.1. The molecule has 2 aromatic rings. The van der Waals surface area contributed by atoms with Gasteiger partial charge in [0, 0.05) is 44.2 Å². The zero-order chi connectivity index (χ0) is 17.8. The summed E-state index contributed by atoms with van der Waals surface area (Å²) >= 11 is 0. The molecule has 26 heavy (non-hydrogen) atoms. The van der Waals surface area contributed by atoms with Crippen LogP contribution >= 0.6 is 0 Å². The van der Waals surface area contributed by atoms with E-state index in [1.165, 1.54) is 18.4 Å². The van der Waals surface area contributed by atoms with Gasteiger partial charge in [0.2, 0.25) is 17.7 Å². The summed E-state index contributed by atoms with van der Waals surface area (Å²) in [5.41, 5.74) is 1.33. The molecule has 6 heteroatoms. The lowest BCUT2D eigenvalue weighted by Gasteiger charge is -2.32. The van der Waals surface area contributed by atoms with Gasteiger partial charge >= 0.3 is 0 Å². The molecule has 0 aromatic carbocycles. The first-order valence-electron chi connectivity index (χ1n) is 9.79. The summed E-state index contributed by atoms with van der Waals surface area (Å²) in [6.45, 7) is 1.64. The lowest BCUT2D eigenvalue weighted by Crippen LogP contribution is -2.38. The van der Waals surface area contributed by atoms with Gasteiger partial charge in [-0.15, -0.1) is 10.2 Å². The number of hydrogen-bond acceptors (Lipinski definition) is 5. The highest BCUT2D eigenvalue weighted by Crippen LogP contribution is 2.33. The number of hydrogen-bond donors (Lipinski definition) is 0. The van der Waals surface area contributed by atoms with Gasteiger partial charge in [-0.25, -0.2) is 0 Å². The molecular formula is C20H26N4O2. The molecular weight excluding hydrogens is 328 g/mol. The van der Waals surface area contributed by atoms with Gasteiger partial charge in [0.25, 0.3) is 0 Å². The van der Waals surface area contributed by atoms with Crippen LogP contribution in [0.15, 0.2) is 28.9 Å². The minimum absolute atomic E-state index is 0.193. The topological polar surface area (TPSA) is 72.1 Å². The van der Waals surface area contributed by atoms with Crippen LogP contribution in [-0.2, 0) is 11.2 Å². The molecule has 1 aliphatic carbocycles. The van der Waals surface area contributed by atoms with E-state index in [1.807, 2.05) is 17.3 Å². The lowest BCUT2D eigenvalue weighted by atomic mass is 9.90. The minimum atomic E-state index is 0.193. The summed E-state index contributed by atoms with van der Waals surface area (Å²) in [6.07, 6.45) is 11.5. The number of pyridine rings is 1. The van der Waals surface area contributed by atoms with Crippen molar-refractivity contribution in [3.63, 3.8) is 0 Å². The summed E-state index contributed by atoms with van der Waals surface area (Å²) in [7, 11) is 0. The Labute approximate surface area is 154 Å². The maximum Gasteiger partial charge on any atom is 0.223 e. The van der Waals surface area contributed by atoms with Gasteiger partial charge in [-0.1, -0.05) is 12.8 Å². The molecule has 138 valence electrons. The monoisotopic (exact) mass is 354 g/mol. The SMILES string of the molecule is O=C(CCc1nnc(C2CCCC2)o1)N1CCC(c2ccncc2)CC1. The molecule has 1 saturated heterocycles. The molecule has 0 atom stereocenters.